The van der Waals surface area contributed by atoms with E-state index in [2.05, 4.69) is 15.3 Å². The highest BCUT2D eigenvalue weighted by atomic mass is 35.5. The summed E-state index contributed by atoms with van der Waals surface area (Å²) in [5, 5.41) is 8.72. The van der Waals surface area contributed by atoms with Gasteiger partial charge in [0.05, 0.1) is 16.6 Å². The van der Waals surface area contributed by atoms with Gasteiger partial charge in [-0.1, -0.05) is 34.5 Å². The van der Waals surface area contributed by atoms with E-state index in [0.717, 1.165) is 5.56 Å². The molecule has 108 valence electrons. The molecule has 0 amide bonds. The average molecular weight is 324 g/mol. The summed E-state index contributed by atoms with van der Waals surface area (Å²) in [4.78, 5) is 16.6. The zero-order chi connectivity index (χ0) is 15.0. The zero-order valence-corrected chi connectivity index (χ0v) is 12.6. The minimum absolute atomic E-state index is 0.231. The maximum atomic E-state index is 12.4. The molecule has 2 aromatic heterocycles. The van der Waals surface area contributed by atoms with Gasteiger partial charge >= 0.3 is 0 Å². The van der Waals surface area contributed by atoms with Crippen LogP contribution in [-0.2, 0) is 13.1 Å². The Morgan fingerprint density at radius 3 is 2.76 bits per heavy atom. The molecule has 0 aliphatic carbocycles. The Balaban J connectivity index is 2.03. The second-order valence-electron chi connectivity index (χ2n) is 4.50. The van der Waals surface area contributed by atoms with Crippen LogP contribution in [0.4, 0.5) is 0 Å². The van der Waals surface area contributed by atoms with Crippen LogP contribution in [0.1, 0.15) is 12.5 Å². The summed E-state index contributed by atoms with van der Waals surface area (Å²) >= 11 is 11.9. The molecule has 0 saturated heterocycles. The van der Waals surface area contributed by atoms with Gasteiger partial charge in [0.25, 0.3) is 5.56 Å². The number of nitrogens with zero attached hydrogens (tertiary/aromatic N) is 5. The molecule has 1 aromatic carbocycles. The van der Waals surface area contributed by atoms with Crippen molar-refractivity contribution in [3.8, 4) is 0 Å². The normalized spacial score (nSPS) is 11.2. The number of halogens is 2. The highest BCUT2D eigenvalue weighted by Crippen LogP contribution is 2.22. The van der Waals surface area contributed by atoms with Crippen molar-refractivity contribution in [2.75, 3.05) is 0 Å². The molecule has 0 spiro atoms. The molecule has 3 rings (SSSR count). The molecule has 0 N–H and O–H groups in total. The van der Waals surface area contributed by atoms with Crippen molar-refractivity contribution in [1.29, 1.82) is 0 Å². The minimum Gasteiger partial charge on any atom is -0.293 e. The van der Waals surface area contributed by atoms with E-state index in [-0.39, 0.29) is 11.1 Å². The van der Waals surface area contributed by atoms with E-state index in [0.29, 0.717) is 28.8 Å². The fourth-order valence-corrected chi connectivity index (χ4v) is 2.37. The lowest BCUT2D eigenvalue weighted by molar-refractivity contribution is 0.640. The Labute approximate surface area is 129 Å². The molecular formula is C13H11Cl2N5O. The first kappa shape index (κ1) is 14.0. The molecule has 21 heavy (non-hydrogen) atoms. The molecule has 2 heterocycles. The first-order valence-corrected chi connectivity index (χ1v) is 7.08. The molecule has 0 aliphatic heterocycles. The maximum absolute atomic E-state index is 12.4. The lowest BCUT2D eigenvalue weighted by Crippen LogP contribution is -2.21. The lowest BCUT2D eigenvalue weighted by Gasteiger charge is -2.06. The number of benzene rings is 1. The lowest BCUT2D eigenvalue weighted by atomic mass is 10.2. The zero-order valence-electron chi connectivity index (χ0n) is 11.1. The molecule has 0 bridgehead atoms. The van der Waals surface area contributed by atoms with Gasteiger partial charge in [0.1, 0.15) is 6.33 Å². The van der Waals surface area contributed by atoms with E-state index in [1.165, 1.54) is 10.9 Å². The van der Waals surface area contributed by atoms with Crippen molar-refractivity contribution in [3.63, 3.8) is 0 Å². The van der Waals surface area contributed by atoms with E-state index >= 15 is 0 Å². The number of hydrogen-bond acceptors (Lipinski definition) is 4. The van der Waals surface area contributed by atoms with Gasteiger partial charge in [0.15, 0.2) is 11.2 Å². The van der Waals surface area contributed by atoms with E-state index in [1.54, 1.807) is 16.8 Å². The van der Waals surface area contributed by atoms with Gasteiger partial charge in [-0.25, -0.2) is 9.67 Å². The van der Waals surface area contributed by atoms with Crippen LogP contribution in [0.5, 0.6) is 0 Å². The summed E-state index contributed by atoms with van der Waals surface area (Å²) in [6.45, 7) is 2.87. The Kier molecular flexibility index (Phi) is 3.65. The molecular weight excluding hydrogens is 313 g/mol. The van der Waals surface area contributed by atoms with Crippen LogP contribution in [0.2, 0.25) is 10.0 Å². The van der Waals surface area contributed by atoms with Crippen molar-refractivity contribution in [3.05, 3.63) is 50.5 Å². The molecule has 0 atom stereocenters. The Morgan fingerprint density at radius 1 is 1.24 bits per heavy atom. The molecule has 0 radical (unpaired) electrons. The highest BCUT2D eigenvalue weighted by Gasteiger charge is 2.11. The van der Waals surface area contributed by atoms with Crippen LogP contribution in [0.25, 0.3) is 11.2 Å². The third-order valence-corrected chi connectivity index (χ3v) is 3.87. The molecule has 3 aromatic rings. The summed E-state index contributed by atoms with van der Waals surface area (Å²) in [6.07, 6.45) is 1.49. The number of rotatable bonds is 3. The molecule has 0 unspecified atom stereocenters. The Bertz CT molecular complexity index is 871. The SMILES string of the molecule is CCn1nnc2c(=O)n(Cc3ccc(Cl)c(Cl)c3)cnc21. The van der Waals surface area contributed by atoms with Crippen molar-refractivity contribution in [2.24, 2.45) is 0 Å². The third kappa shape index (κ3) is 2.52. The summed E-state index contributed by atoms with van der Waals surface area (Å²) in [5.41, 5.74) is 1.38. The van der Waals surface area contributed by atoms with Crippen molar-refractivity contribution >= 4 is 34.4 Å². The summed E-state index contributed by atoms with van der Waals surface area (Å²) in [6, 6.07) is 5.24. The van der Waals surface area contributed by atoms with Gasteiger partial charge in [-0.3, -0.25) is 9.36 Å². The summed E-state index contributed by atoms with van der Waals surface area (Å²) in [7, 11) is 0. The van der Waals surface area contributed by atoms with Crippen LogP contribution in [-0.4, -0.2) is 24.5 Å². The van der Waals surface area contributed by atoms with Crippen LogP contribution in [0, 0.1) is 0 Å². The third-order valence-electron chi connectivity index (χ3n) is 3.13. The van der Waals surface area contributed by atoms with Crippen LogP contribution >= 0.6 is 23.2 Å². The summed E-state index contributed by atoms with van der Waals surface area (Å²) in [5.74, 6) is 0. The first-order chi connectivity index (χ1) is 10.1. The molecule has 0 aliphatic rings. The molecule has 6 nitrogen and oxygen atoms in total. The second kappa shape index (κ2) is 5.46. The van der Waals surface area contributed by atoms with Crippen LogP contribution < -0.4 is 5.56 Å². The Hall–Kier alpha value is -1.92. The van der Waals surface area contributed by atoms with Gasteiger partial charge in [-0.15, -0.1) is 5.10 Å². The minimum atomic E-state index is -0.231. The number of aryl methyl sites for hydroxylation is 1. The maximum Gasteiger partial charge on any atom is 0.283 e. The molecule has 8 heteroatoms. The number of aromatic nitrogens is 5. The number of hydrogen-bond donors (Lipinski definition) is 0. The Morgan fingerprint density at radius 2 is 2.05 bits per heavy atom. The van der Waals surface area contributed by atoms with Gasteiger partial charge in [-0.2, -0.15) is 0 Å². The standard InChI is InChI=1S/C13H11Cl2N5O/c1-2-20-12-11(17-18-20)13(21)19(7-16-12)6-8-3-4-9(14)10(15)5-8/h3-5,7H,2,6H2,1H3. The quantitative estimate of drug-likeness (QED) is 0.742. The predicted octanol–water partition coefficient (Wildman–Crippen LogP) is 2.36. The van der Waals surface area contributed by atoms with Crippen molar-refractivity contribution < 1.29 is 0 Å². The molecule has 0 saturated carbocycles. The van der Waals surface area contributed by atoms with Gasteiger partial charge < -0.3 is 0 Å². The second-order valence-corrected chi connectivity index (χ2v) is 5.32. The monoisotopic (exact) mass is 323 g/mol. The predicted molar refractivity (Wildman–Crippen MR) is 80.8 cm³/mol. The van der Waals surface area contributed by atoms with Gasteiger partial charge in [-0.05, 0) is 24.6 Å². The topological polar surface area (TPSA) is 65.6 Å². The largest absolute Gasteiger partial charge is 0.293 e. The fraction of sp³-hybridized carbons (Fsp3) is 0.231. The van der Waals surface area contributed by atoms with Gasteiger partial charge in [0, 0.05) is 6.54 Å². The first-order valence-electron chi connectivity index (χ1n) is 6.32. The van der Waals surface area contributed by atoms with Crippen molar-refractivity contribution in [1.82, 2.24) is 24.5 Å². The van der Waals surface area contributed by atoms with E-state index in [4.69, 9.17) is 23.2 Å². The van der Waals surface area contributed by atoms with E-state index in [1.807, 2.05) is 13.0 Å². The number of fused-ring (bicyclic) bond motifs is 1. The molecule has 0 fully saturated rings. The fourth-order valence-electron chi connectivity index (χ4n) is 2.05. The van der Waals surface area contributed by atoms with E-state index < -0.39 is 0 Å². The van der Waals surface area contributed by atoms with Gasteiger partial charge in [0.2, 0.25) is 0 Å². The average Bonchev–Trinajstić information content (AvgIpc) is 2.89. The van der Waals surface area contributed by atoms with Crippen molar-refractivity contribution in [2.45, 2.75) is 20.0 Å². The smallest absolute Gasteiger partial charge is 0.283 e. The highest BCUT2D eigenvalue weighted by molar-refractivity contribution is 6.42. The van der Waals surface area contributed by atoms with Crippen LogP contribution in [0.3, 0.4) is 0 Å². The van der Waals surface area contributed by atoms with E-state index in [9.17, 15) is 4.79 Å². The summed E-state index contributed by atoms with van der Waals surface area (Å²) < 4.78 is 3.05. The van der Waals surface area contributed by atoms with Crippen LogP contribution in [0.15, 0.2) is 29.3 Å².